The van der Waals surface area contributed by atoms with Gasteiger partial charge in [-0.3, -0.25) is 10.1 Å². The molecule has 0 bridgehead atoms. The van der Waals surface area contributed by atoms with E-state index in [1.165, 1.54) is 31.6 Å². The maximum atomic E-state index is 12.2. The molecule has 3 rings (SSSR count). The molecule has 1 N–H and O–H groups in total. The van der Waals surface area contributed by atoms with Gasteiger partial charge in [-0.1, -0.05) is 23.5 Å². The van der Waals surface area contributed by atoms with E-state index in [0.29, 0.717) is 16.6 Å². The molecule has 0 unspecified atom stereocenters. The summed E-state index contributed by atoms with van der Waals surface area (Å²) in [5.41, 5.74) is 1.01. The summed E-state index contributed by atoms with van der Waals surface area (Å²) in [4.78, 5) is 28.5. The maximum absolute atomic E-state index is 12.2. The van der Waals surface area contributed by atoms with Gasteiger partial charge in [0.15, 0.2) is 11.7 Å². The fourth-order valence-electron chi connectivity index (χ4n) is 2.26. The lowest BCUT2D eigenvalue weighted by Crippen LogP contribution is -2.21. The smallest absolute Gasteiger partial charge is 0.342 e. The third kappa shape index (κ3) is 3.92. The number of para-hydroxylation sites is 1. The number of carbonyl (C=O) groups excluding carboxylic acids is 2. The van der Waals surface area contributed by atoms with E-state index in [9.17, 15) is 9.59 Å². The molecule has 1 heterocycles. The molecule has 0 spiro atoms. The summed E-state index contributed by atoms with van der Waals surface area (Å²) in [6, 6.07) is 12.2. The van der Waals surface area contributed by atoms with Crippen molar-refractivity contribution in [3.8, 4) is 11.5 Å². The van der Waals surface area contributed by atoms with E-state index in [1.54, 1.807) is 12.1 Å². The van der Waals surface area contributed by atoms with Crippen LogP contribution in [-0.4, -0.2) is 37.7 Å². The topological polar surface area (TPSA) is 86.8 Å². The third-order valence-electron chi connectivity index (χ3n) is 3.50. The van der Waals surface area contributed by atoms with E-state index >= 15 is 0 Å². The van der Waals surface area contributed by atoms with Crippen LogP contribution in [0.5, 0.6) is 11.5 Å². The zero-order valence-electron chi connectivity index (χ0n) is 14.1. The van der Waals surface area contributed by atoms with Crippen LogP contribution in [-0.2, 0) is 9.53 Å². The number of rotatable bonds is 6. The van der Waals surface area contributed by atoms with Crippen molar-refractivity contribution in [2.24, 2.45) is 0 Å². The number of fused-ring (bicyclic) bond motifs is 1. The van der Waals surface area contributed by atoms with Crippen LogP contribution in [0.3, 0.4) is 0 Å². The van der Waals surface area contributed by atoms with E-state index in [0.717, 1.165) is 10.2 Å². The summed E-state index contributed by atoms with van der Waals surface area (Å²) < 4.78 is 16.3. The van der Waals surface area contributed by atoms with E-state index in [-0.39, 0.29) is 5.56 Å². The van der Waals surface area contributed by atoms with Crippen LogP contribution in [0.25, 0.3) is 10.2 Å². The van der Waals surface area contributed by atoms with E-state index in [4.69, 9.17) is 14.2 Å². The molecule has 0 atom stereocenters. The molecular weight excluding hydrogens is 356 g/mol. The number of hydrogen-bond donors (Lipinski definition) is 1. The average Bonchev–Trinajstić information content (AvgIpc) is 3.07. The highest BCUT2D eigenvalue weighted by atomic mass is 32.1. The largest absolute Gasteiger partial charge is 0.497 e. The molecule has 0 fully saturated rings. The standard InChI is InChI=1S/C18H16N2O5S/c1-23-11-7-8-12(14(9-11)24-2)17(22)25-10-16(21)20-18-19-13-5-3-4-6-15(13)26-18/h3-9H,10H2,1-2H3,(H,19,20,21). The molecule has 1 amide bonds. The van der Waals surface area contributed by atoms with Crippen LogP contribution in [0.2, 0.25) is 0 Å². The number of nitrogens with zero attached hydrogens (tertiary/aromatic N) is 1. The minimum Gasteiger partial charge on any atom is -0.497 e. The predicted molar refractivity (Wildman–Crippen MR) is 98.1 cm³/mol. The average molecular weight is 372 g/mol. The van der Waals surface area contributed by atoms with Crippen molar-refractivity contribution in [1.29, 1.82) is 0 Å². The first-order valence-electron chi connectivity index (χ1n) is 7.65. The Hall–Kier alpha value is -3.13. The molecule has 3 aromatic rings. The van der Waals surface area contributed by atoms with Crippen molar-refractivity contribution in [2.75, 3.05) is 26.1 Å². The molecule has 0 aliphatic rings. The summed E-state index contributed by atoms with van der Waals surface area (Å²) in [5.74, 6) is -0.276. The Morgan fingerprint density at radius 3 is 2.65 bits per heavy atom. The maximum Gasteiger partial charge on any atom is 0.342 e. The van der Waals surface area contributed by atoms with Crippen molar-refractivity contribution in [3.63, 3.8) is 0 Å². The second-order valence-electron chi connectivity index (χ2n) is 5.18. The Balaban J connectivity index is 1.61. The fourth-order valence-corrected chi connectivity index (χ4v) is 3.14. The highest BCUT2D eigenvalue weighted by Crippen LogP contribution is 2.26. The molecule has 2 aromatic carbocycles. The number of aromatic nitrogens is 1. The van der Waals surface area contributed by atoms with E-state index in [1.807, 2.05) is 24.3 Å². The first-order chi connectivity index (χ1) is 12.6. The molecule has 8 heteroatoms. The number of hydrogen-bond acceptors (Lipinski definition) is 7. The molecule has 7 nitrogen and oxygen atoms in total. The Labute approximate surface area is 153 Å². The molecule has 0 aliphatic heterocycles. The van der Waals surface area contributed by atoms with Gasteiger partial charge in [0.1, 0.15) is 17.1 Å². The van der Waals surface area contributed by atoms with Crippen LogP contribution in [0.1, 0.15) is 10.4 Å². The fraction of sp³-hybridized carbons (Fsp3) is 0.167. The molecular formula is C18H16N2O5S. The summed E-state index contributed by atoms with van der Waals surface area (Å²) in [5, 5.41) is 3.08. The van der Waals surface area contributed by atoms with Crippen molar-refractivity contribution in [3.05, 3.63) is 48.0 Å². The molecule has 0 saturated heterocycles. The Kier molecular flexibility index (Phi) is 5.33. The van der Waals surface area contributed by atoms with Crippen molar-refractivity contribution in [2.45, 2.75) is 0 Å². The van der Waals surface area contributed by atoms with Gasteiger partial charge < -0.3 is 14.2 Å². The Morgan fingerprint density at radius 1 is 1.12 bits per heavy atom. The van der Waals surface area contributed by atoms with Gasteiger partial charge in [0.05, 0.1) is 24.4 Å². The van der Waals surface area contributed by atoms with Crippen molar-refractivity contribution in [1.82, 2.24) is 4.98 Å². The molecule has 134 valence electrons. The lowest BCUT2D eigenvalue weighted by molar-refractivity contribution is -0.119. The van der Waals surface area contributed by atoms with Gasteiger partial charge in [-0.15, -0.1) is 0 Å². The second kappa shape index (κ2) is 7.83. The van der Waals surface area contributed by atoms with Gasteiger partial charge in [-0.25, -0.2) is 9.78 Å². The van der Waals surface area contributed by atoms with Gasteiger partial charge in [-0.05, 0) is 24.3 Å². The summed E-state index contributed by atoms with van der Waals surface area (Å²) in [6.45, 7) is -0.427. The number of anilines is 1. The summed E-state index contributed by atoms with van der Waals surface area (Å²) in [6.07, 6.45) is 0. The highest BCUT2D eigenvalue weighted by molar-refractivity contribution is 7.22. The first kappa shape index (κ1) is 17.7. The van der Waals surface area contributed by atoms with Crippen molar-refractivity contribution >= 4 is 38.6 Å². The Bertz CT molecular complexity index is 921. The zero-order valence-corrected chi connectivity index (χ0v) is 15.0. The number of nitrogens with one attached hydrogen (secondary N) is 1. The lowest BCUT2D eigenvalue weighted by atomic mass is 10.2. The van der Waals surface area contributed by atoms with Crippen LogP contribution in [0, 0.1) is 0 Å². The van der Waals surface area contributed by atoms with E-state index < -0.39 is 18.5 Å². The number of carbonyl (C=O) groups is 2. The number of benzene rings is 2. The summed E-state index contributed by atoms with van der Waals surface area (Å²) in [7, 11) is 2.95. The SMILES string of the molecule is COc1ccc(C(=O)OCC(=O)Nc2nc3ccccc3s2)c(OC)c1. The Morgan fingerprint density at radius 2 is 1.92 bits per heavy atom. The summed E-state index contributed by atoms with van der Waals surface area (Å²) >= 11 is 1.35. The number of amides is 1. The lowest BCUT2D eigenvalue weighted by Gasteiger charge is -2.10. The predicted octanol–water partition coefficient (Wildman–Crippen LogP) is 3.11. The van der Waals surface area contributed by atoms with E-state index in [2.05, 4.69) is 10.3 Å². The zero-order chi connectivity index (χ0) is 18.5. The third-order valence-corrected chi connectivity index (χ3v) is 4.46. The van der Waals surface area contributed by atoms with Crippen molar-refractivity contribution < 1.29 is 23.8 Å². The molecule has 26 heavy (non-hydrogen) atoms. The van der Waals surface area contributed by atoms with Crippen LogP contribution >= 0.6 is 11.3 Å². The van der Waals surface area contributed by atoms with Gasteiger partial charge in [0.25, 0.3) is 5.91 Å². The quantitative estimate of drug-likeness (QED) is 0.669. The number of methoxy groups -OCH3 is 2. The highest BCUT2D eigenvalue weighted by Gasteiger charge is 2.17. The monoisotopic (exact) mass is 372 g/mol. The van der Waals surface area contributed by atoms with Gasteiger partial charge in [-0.2, -0.15) is 0 Å². The van der Waals surface area contributed by atoms with Crippen LogP contribution in [0.4, 0.5) is 5.13 Å². The van der Waals surface area contributed by atoms with Crippen LogP contribution < -0.4 is 14.8 Å². The van der Waals surface area contributed by atoms with Gasteiger partial charge in [0, 0.05) is 6.07 Å². The molecule has 0 radical (unpaired) electrons. The molecule has 1 aromatic heterocycles. The minimum absolute atomic E-state index is 0.209. The van der Waals surface area contributed by atoms with Crippen LogP contribution in [0.15, 0.2) is 42.5 Å². The second-order valence-corrected chi connectivity index (χ2v) is 6.21. The number of ether oxygens (including phenoxy) is 3. The van der Waals surface area contributed by atoms with Gasteiger partial charge in [0.2, 0.25) is 0 Å². The molecule has 0 saturated carbocycles. The number of esters is 1. The normalized spacial score (nSPS) is 10.4. The van der Waals surface area contributed by atoms with Gasteiger partial charge >= 0.3 is 5.97 Å². The number of thiazole rings is 1. The molecule has 0 aliphatic carbocycles. The first-order valence-corrected chi connectivity index (χ1v) is 8.47. The minimum atomic E-state index is -0.663.